The fourth-order valence-electron chi connectivity index (χ4n) is 1.69. The average molecular weight is 224 g/mol. The second-order valence-electron chi connectivity index (χ2n) is 3.59. The summed E-state index contributed by atoms with van der Waals surface area (Å²) >= 11 is 0. The minimum atomic E-state index is -1.01. The van der Waals surface area contributed by atoms with Gasteiger partial charge in [0.25, 0.3) is 0 Å². The van der Waals surface area contributed by atoms with Gasteiger partial charge in [-0.15, -0.1) is 0 Å². The molecule has 1 atom stereocenters. The van der Waals surface area contributed by atoms with E-state index in [1.54, 1.807) is 12.1 Å². The number of carboxylic acids is 1. The first-order valence-corrected chi connectivity index (χ1v) is 4.94. The first-order chi connectivity index (χ1) is 7.68. The molecule has 0 radical (unpaired) electrons. The maximum atomic E-state index is 11.6. The van der Waals surface area contributed by atoms with E-state index in [0.29, 0.717) is 5.76 Å². The fraction of sp³-hybridized carbons (Fsp3) is 0.400. The van der Waals surface area contributed by atoms with E-state index in [2.05, 4.69) is 5.32 Å². The molecule has 0 aliphatic carbocycles. The van der Waals surface area contributed by atoms with Crippen molar-refractivity contribution in [3.63, 3.8) is 0 Å². The molecule has 0 bridgehead atoms. The zero-order chi connectivity index (χ0) is 11.5. The lowest BCUT2D eigenvalue weighted by Crippen LogP contribution is -2.57. The van der Waals surface area contributed by atoms with E-state index >= 15 is 0 Å². The van der Waals surface area contributed by atoms with Gasteiger partial charge < -0.3 is 19.7 Å². The number of piperazine rings is 1. The van der Waals surface area contributed by atoms with Crippen LogP contribution in [0.1, 0.15) is 5.76 Å². The summed E-state index contributed by atoms with van der Waals surface area (Å²) in [5.41, 5.74) is 0. The molecule has 2 rings (SSSR count). The normalized spacial score (nSPS) is 21.1. The Bertz CT molecular complexity index is 388. The minimum Gasteiger partial charge on any atom is -0.480 e. The van der Waals surface area contributed by atoms with Crippen LogP contribution in [0, 0.1) is 0 Å². The molecule has 16 heavy (non-hydrogen) atoms. The van der Waals surface area contributed by atoms with Crippen LogP contribution in [0.25, 0.3) is 0 Å². The van der Waals surface area contributed by atoms with Crippen molar-refractivity contribution in [1.82, 2.24) is 10.2 Å². The topological polar surface area (TPSA) is 82.8 Å². The summed E-state index contributed by atoms with van der Waals surface area (Å²) in [5.74, 6) is -0.649. The lowest BCUT2D eigenvalue weighted by Gasteiger charge is -2.32. The van der Waals surface area contributed by atoms with E-state index in [1.165, 1.54) is 11.2 Å². The number of carbonyl (C=O) groups excluding carboxylic acids is 1. The molecule has 6 nitrogen and oxygen atoms in total. The Labute approximate surface area is 91.8 Å². The first kappa shape index (κ1) is 10.7. The van der Waals surface area contributed by atoms with Crippen LogP contribution in [0.4, 0.5) is 0 Å². The smallest absolute Gasteiger partial charge is 0.327 e. The summed E-state index contributed by atoms with van der Waals surface area (Å²) < 4.78 is 5.11. The maximum absolute atomic E-state index is 11.6. The zero-order valence-electron chi connectivity index (χ0n) is 8.55. The molecule has 1 saturated heterocycles. The summed E-state index contributed by atoms with van der Waals surface area (Å²) in [4.78, 5) is 23.9. The highest BCUT2D eigenvalue weighted by Gasteiger charge is 2.33. The number of hydrogen-bond acceptors (Lipinski definition) is 4. The number of hydrogen-bond donors (Lipinski definition) is 2. The largest absolute Gasteiger partial charge is 0.480 e. The van der Waals surface area contributed by atoms with Crippen LogP contribution in [-0.4, -0.2) is 41.0 Å². The summed E-state index contributed by atoms with van der Waals surface area (Å²) in [7, 11) is 0. The summed E-state index contributed by atoms with van der Waals surface area (Å²) in [6, 6.07) is 2.60. The van der Waals surface area contributed by atoms with Gasteiger partial charge in [-0.1, -0.05) is 0 Å². The first-order valence-electron chi connectivity index (χ1n) is 4.94. The van der Waals surface area contributed by atoms with E-state index in [0.717, 1.165) is 0 Å². The molecule has 1 aliphatic heterocycles. The van der Waals surface area contributed by atoms with E-state index in [4.69, 9.17) is 9.52 Å². The molecule has 2 heterocycles. The molecular weight excluding hydrogens is 212 g/mol. The van der Waals surface area contributed by atoms with Crippen molar-refractivity contribution in [2.24, 2.45) is 0 Å². The molecule has 86 valence electrons. The monoisotopic (exact) mass is 224 g/mol. The third-order valence-electron chi connectivity index (χ3n) is 2.50. The van der Waals surface area contributed by atoms with Gasteiger partial charge in [0.05, 0.1) is 19.4 Å². The van der Waals surface area contributed by atoms with Crippen LogP contribution in [0.2, 0.25) is 0 Å². The second kappa shape index (κ2) is 4.36. The Morgan fingerprint density at radius 2 is 2.50 bits per heavy atom. The van der Waals surface area contributed by atoms with Crippen molar-refractivity contribution in [1.29, 1.82) is 0 Å². The number of nitrogens with zero attached hydrogens (tertiary/aromatic N) is 1. The molecule has 1 aromatic heterocycles. The lowest BCUT2D eigenvalue weighted by molar-refractivity contribution is -0.152. The number of amides is 1. The Balaban J connectivity index is 2.13. The Morgan fingerprint density at radius 1 is 1.69 bits per heavy atom. The fourth-order valence-corrected chi connectivity index (χ4v) is 1.69. The standard InChI is InChI=1S/C10H12N2O4/c13-9-5-11-4-8(10(14)15)12(9)6-7-2-1-3-16-7/h1-3,8,11H,4-6H2,(H,14,15). The number of furan rings is 1. The average Bonchev–Trinajstić information content (AvgIpc) is 2.73. The van der Waals surface area contributed by atoms with E-state index < -0.39 is 12.0 Å². The molecular formula is C10H12N2O4. The zero-order valence-corrected chi connectivity index (χ0v) is 8.55. The molecule has 0 aromatic carbocycles. The molecule has 6 heteroatoms. The predicted molar refractivity (Wildman–Crippen MR) is 53.6 cm³/mol. The van der Waals surface area contributed by atoms with Gasteiger partial charge in [0.2, 0.25) is 5.91 Å². The van der Waals surface area contributed by atoms with Crippen LogP contribution in [0.3, 0.4) is 0 Å². The number of rotatable bonds is 3. The Morgan fingerprint density at radius 3 is 3.12 bits per heavy atom. The SMILES string of the molecule is O=C(O)C1CNCC(=O)N1Cc1ccco1. The third kappa shape index (κ3) is 2.06. The summed E-state index contributed by atoms with van der Waals surface area (Å²) in [5, 5.41) is 11.8. The maximum Gasteiger partial charge on any atom is 0.327 e. The van der Waals surface area contributed by atoms with Crippen LogP contribution >= 0.6 is 0 Å². The van der Waals surface area contributed by atoms with Gasteiger partial charge in [-0.3, -0.25) is 4.79 Å². The van der Waals surface area contributed by atoms with Crippen LogP contribution < -0.4 is 5.32 Å². The van der Waals surface area contributed by atoms with Gasteiger partial charge in [-0.2, -0.15) is 0 Å². The van der Waals surface area contributed by atoms with Gasteiger partial charge in [0, 0.05) is 6.54 Å². The Kier molecular flexibility index (Phi) is 2.91. The van der Waals surface area contributed by atoms with E-state index in [1.807, 2.05) is 0 Å². The van der Waals surface area contributed by atoms with Crippen LogP contribution in [-0.2, 0) is 16.1 Å². The van der Waals surface area contributed by atoms with Crippen molar-refractivity contribution in [2.45, 2.75) is 12.6 Å². The van der Waals surface area contributed by atoms with Crippen LogP contribution in [0.5, 0.6) is 0 Å². The molecule has 1 fully saturated rings. The van der Waals surface area contributed by atoms with Gasteiger partial charge in [-0.05, 0) is 12.1 Å². The highest BCUT2D eigenvalue weighted by Crippen LogP contribution is 2.11. The van der Waals surface area contributed by atoms with Crippen molar-refractivity contribution in [3.8, 4) is 0 Å². The molecule has 1 unspecified atom stereocenters. The molecule has 0 spiro atoms. The minimum absolute atomic E-state index is 0.171. The second-order valence-corrected chi connectivity index (χ2v) is 3.59. The quantitative estimate of drug-likeness (QED) is 0.734. The summed E-state index contributed by atoms with van der Waals surface area (Å²) in [6.07, 6.45) is 1.50. The van der Waals surface area contributed by atoms with Crippen molar-refractivity contribution >= 4 is 11.9 Å². The highest BCUT2D eigenvalue weighted by molar-refractivity contribution is 5.86. The number of nitrogens with one attached hydrogen (secondary N) is 1. The summed E-state index contributed by atoms with van der Waals surface area (Å²) in [6.45, 7) is 0.636. The van der Waals surface area contributed by atoms with Gasteiger partial charge in [0.1, 0.15) is 11.8 Å². The lowest BCUT2D eigenvalue weighted by atomic mass is 10.2. The third-order valence-corrected chi connectivity index (χ3v) is 2.50. The predicted octanol–water partition coefficient (Wildman–Crippen LogP) is -0.335. The van der Waals surface area contributed by atoms with Crippen molar-refractivity contribution < 1.29 is 19.1 Å². The van der Waals surface area contributed by atoms with Crippen LogP contribution in [0.15, 0.2) is 22.8 Å². The molecule has 1 aliphatic rings. The van der Waals surface area contributed by atoms with Crippen molar-refractivity contribution in [3.05, 3.63) is 24.2 Å². The number of carbonyl (C=O) groups is 2. The highest BCUT2D eigenvalue weighted by atomic mass is 16.4. The number of aliphatic carboxylic acids is 1. The molecule has 0 saturated carbocycles. The van der Waals surface area contributed by atoms with E-state index in [9.17, 15) is 9.59 Å². The van der Waals surface area contributed by atoms with E-state index in [-0.39, 0.29) is 25.5 Å². The van der Waals surface area contributed by atoms with Crippen molar-refractivity contribution in [2.75, 3.05) is 13.1 Å². The molecule has 1 aromatic rings. The Hall–Kier alpha value is -1.82. The van der Waals surface area contributed by atoms with Gasteiger partial charge in [-0.25, -0.2) is 4.79 Å². The molecule has 2 N–H and O–H groups in total. The van der Waals surface area contributed by atoms with Gasteiger partial charge >= 0.3 is 5.97 Å². The van der Waals surface area contributed by atoms with Gasteiger partial charge in [0.15, 0.2) is 0 Å². The number of carboxylic acid groups (broad SMARTS) is 1. The molecule has 1 amide bonds.